The molecule has 4 rings (SSSR count). The number of amides is 1. The Labute approximate surface area is 205 Å². The van der Waals surface area contributed by atoms with Gasteiger partial charge in [-0.1, -0.05) is 29.8 Å². The van der Waals surface area contributed by atoms with Crippen LogP contribution in [0.1, 0.15) is 21.5 Å². The molecule has 12 heteroatoms. The lowest BCUT2D eigenvalue weighted by Gasteiger charge is -2.11. The van der Waals surface area contributed by atoms with E-state index in [1.54, 1.807) is 0 Å². The Hall–Kier alpha value is -4.74. The molecule has 0 aliphatic carbocycles. The summed E-state index contributed by atoms with van der Waals surface area (Å²) >= 11 is 0. The lowest BCUT2D eigenvalue weighted by Crippen LogP contribution is -2.28. The number of nitrogens with one attached hydrogen (secondary N) is 1. The van der Waals surface area contributed by atoms with Crippen molar-refractivity contribution in [3.8, 4) is 11.5 Å². The molecule has 2 aromatic heterocycles. The van der Waals surface area contributed by atoms with Crippen molar-refractivity contribution in [1.82, 2.24) is 24.6 Å². The summed E-state index contributed by atoms with van der Waals surface area (Å²) in [6.45, 7) is 2.67. The maximum Gasteiger partial charge on any atom is 0.286 e. The zero-order chi connectivity index (χ0) is 25.8. The van der Waals surface area contributed by atoms with Gasteiger partial charge in [0.2, 0.25) is 0 Å². The number of hydrogen-bond donors (Lipinski definition) is 1. The van der Waals surface area contributed by atoms with Gasteiger partial charge < -0.3 is 14.8 Å². The zero-order valence-corrected chi connectivity index (χ0v) is 19.9. The number of aromatic nitrogens is 4. The molecule has 186 valence electrons. The molecule has 1 amide bonds. The molecule has 0 aliphatic rings. The molecule has 2 aromatic carbocycles. The fourth-order valence-corrected chi connectivity index (χ4v) is 3.74. The summed E-state index contributed by atoms with van der Waals surface area (Å²) in [6, 6.07) is 10.3. The summed E-state index contributed by atoms with van der Waals surface area (Å²) in [5.41, 5.74) is 1.69. The van der Waals surface area contributed by atoms with Crippen molar-refractivity contribution in [3.05, 3.63) is 86.1 Å². The zero-order valence-electron chi connectivity index (χ0n) is 19.9. The highest BCUT2D eigenvalue weighted by Gasteiger charge is 2.24. The van der Waals surface area contributed by atoms with Crippen LogP contribution >= 0.6 is 0 Å². The molecule has 0 atom stereocenters. The normalized spacial score (nSPS) is 10.9. The molecular weight excluding hydrogens is 468 g/mol. The topological polar surface area (TPSA) is 143 Å². The Morgan fingerprint density at radius 1 is 1.14 bits per heavy atom. The van der Waals surface area contributed by atoms with E-state index in [2.05, 4.69) is 15.4 Å². The third-order valence-corrected chi connectivity index (χ3v) is 5.65. The van der Waals surface area contributed by atoms with Crippen molar-refractivity contribution in [2.75, 3.05) is 20.8 Å². The molecule has 36 heavy (non-hydrogen) atoms. The standard InChI is InChI=1S/C24H24N6O6/c1-15-4-6-16(7-5-15)13-28-14-26-22-18(24(28)32)12-27-29(22)9-8-25-23(31)17-10-20(35-2)21(36-3)11-19(17)30(33)34/h4-7,10-12,14H,8-9,13H2,1-3H3,(H,25,31). The minimum Gasteiger partial charge on any atom is -0.493 e. The molecule has 0 unspecified atom stereocenters. The molecule has 4 aromatic rings. The SMILES string of the molecule is COc1cc(C(=O)NCCn2ncc3c(=O)n(Cc4ccc(C)cc4)cnc32)c([N+](=O)[O-])cc1OC. The monoisotopic (exact) mass is 492 g/mol. The number of aryl methyl sites for hydroxylation is 1. The molecule has 0 spiro atoms. The van der Waals surface area contributed by atoms with Gasteiger partial charge in [-0.3, -0.25) is 24.3 Å². The molecule has 1 N–H and O–H groups in total. The van der Waals surface area contributed by atoms with Crippen LogP contribution < -0.4 is 20.3 Å². The van der Waals surface area contributed by atoms with Crippen LogP contribution in [0.25, 0.3) is 11.0 Å². The Kier molecular flexibility index (Phi) is 6.95. The predicted molar refractivity (Wildman–Crippen MR) is 131 cm³/mol. The number of hydrogen-bond acceptors (Lipinski definition) is 8. The van der Waals surface area contributed by atoms with E-state index in [0.717, 1.165) is 17.2 Å². The van der Waals surface area contributed by atoms with E-state index >= 15 is 0 Å². The van der Waals surface area contributed by atoms with Gasteiger partial charge >= 0.3 is 0 Å². The Morgan fingerprint density at radius 3 is 2.50 bits per heavy atom. The quantitative estimate of drug-likeness (QED) is 0.277. The minimum atomic E-state index is -0.663. The molecule has 2 heterocycles. The van der Waals surface area contributed by atoms with E-state index in [1.807, 2.05) is 31.2 Å². The second kappa shape index (κ2) is 10.3. The van der Waals surface area contributed by atoms with E-state index in [0.29, 0.717) is 17.6 Å². The Balaban J connectivity index is 1.48. The number of benzene rings is 2. The third-order valence-electron chi connectivity index (χ3n) is 5.65. The molecule has 0 saturated carbocycles. The first kappa shape index (κ1) is 24.4. The minimum absolute atomic E-state index is 0.0925. The van der Waals surface area contributed by atoms with Gasteiger partial charge in [-0.15, -0.1) is 0 Å². The summed E-state index contributed by atoms with van der Waals surface area (Å²) < 4.78 is 13.2. The first-order valence-electron chi connectivity index (χ1n) is 11.0. The molecule has 0 bridgehead atoms. The first-order chi connectivity index (χ1) is 17.3. The number of nitrogens with zero attached hydrogens (tertiary/aromatic N) is 5. The highest BCUT2D eigenvalue weighted by molar-refractivity contribution is 5.99. The number of rotatable bonds is 9. The van der Waals surface area contributed by atoms with Crippen molar-refractivity contribution in [3.63, 3.8) is 0 Å². The fourth-order valence-electron chi connectivity index (χ4n) is 3.74. The third kappa shape index (κ3) is 4.87. The Morgan fingerprint density at radius 2 is 1.83 bits per heavy atom. The van der Waals surface area contributed by atoms with Gasteiger partial charge in [0.15, 0.2) is 17.1 Å². The number of nitro benzene ring substituents is 1. The molecule has 12 nitrogen and oxygen atoms in total. The van der Waals surface area contributed by atoms with E-state index in [4.69, 9.17) is 9.47 Å². The van der Waals surface area contributed by atoms with Crippen molar-refractivity contribution in [2.45, 2.75) is 20.0 Å². The van der Waals surface area contributed by atoms with E-state index in [-0.39, 0.29) is 35.7 Å². The molecule has 0 radical (unpaired) electrons. The number of methoxy groups -OCH3 is 2. The largest absolute Gasteiger partial charge is 0.493 e. The van der Waals surface area contributed by atoms with Crippen LogP contribution in [0.15, 0.2) is 53.7 Å². The number of carbonyl (C=O) groups excluding carboxylic acids is 1. The van der Waals surface area contributed by atoms with Crippen molar-refractivity contribution >= 4 is 22.6 Å². The molecule has 0 fully saturated rings. The van der Waals surface area contributed by atoms with Crippen LogP contribution in [-0.4, -0.2) is 50.9 Å². The van der Waals surface area contributed by atoms with Gasteiger partial charge in [0.25, 0.3) is 17.2 Å². The summed E-state index contributed by atoms with van der Waals surface area (Å²) in [4.78, 5) is 40.8. The predicted octanol–water partition coefficient (Wildman–Crippen LogP) is 2.31. The maximum absolute atomic E-state index is 12.9. The van der Waals surface area contributed by atoms with Crippen LogP contribution in [0.5, 0.6) is 11.5 Å². The number of fused-ring (bicyclic) bond motifs is 1. The van der Waals surface area contributed by atoms with Crippen LogP contribution in [0, 0.1) is 17.0 Å². The van der Waals surface area contributed by atoms with Gasteiger partial charge in [-0.25, -0.2) is 9.67 Å². The number of nitro groups is 1. The lowest BCUT2D eigenvalue weighted by atomic mass is 10.1. The molecule has 0 saturated heterocycles. The van der Waals surface area contributed by atoms with Crippen LogP contribution in [0.2, 0.25) is 0 Å². The van der Waals surface area contributed by atoms with Gasteiger partial charge in [0.05, 0.1) is 44.5 Å². The summed E-state index contributed by atoms with van der Waals surface area (Å²) in [6.07, 6.45) is 2.91. The van der Waals surface area contributed by atoms with Gasteiger partial charge in [-0.2, -0.15) is 5.10 Å². The Bertz CT molecular complexity index is 1490. The lowest BCUT2D eigenvalue weighted by molar-refractivity contribution is -0.385. The van der Waals surface area contributed by atoms with Gasteiger partial charge in [0, 0.05) is 12.6 Å². The molecular formula is C24H24N6O6. The van der Waals surface area contributed by atoms with E-state index in [9.17, 15) is 19.7 Å². The summed E-state index contributed by atoms with van der Waals surface area (Å²) in [7, 11) is 2.72. The average Bonchev–Trinajstić information content (AvgIpc) is 3.29. The van der Waals surface area contributed by atoms with Crippen molar-refractivity contribution in [2.24, 2.45) is 0 Å². The highest BCUT2D eigenvalue weighted by atomic mass is 16.6. The average molecular weight is 492 g/mol. The van der Waals surface area contributed by atoms with Crippen LogP contribution in [0.4, 0.5) is 5.69 Å². The second-order valence-electron chi connectivity index (χ2n) is 8.01. The maximum atomic E-state index is 12.9. The van der Waals surface area contributed by atoms with Gasteiger partial charge in [-0.05, 0) is 12.5 Å². The van der Waals surface area contributed by atoms with Crippen molar-refractivity contribution < 1.29 is 19.2 Å². The van der Waals surface area contributed by atoms with E-state index < -0.39 is 16.5 Å². The smallest absolute Gasteiger partial charge is 0.286 e. The fraction of sp³-hybridized carbons (Fsp3) is 0.250. The van der Waals surface area contributed by atoms with Crippen LogP contribution in [-0.2, 0) is 13.1 Å². The second-order valence-corrected chi connectivity index (χ2v) is 8.01. The van der Waals surface area contributed by atoms with Gasteiger partial charge in [0.1, 0.15) is 17.3 Å². The first-order valence-corrected chi connectivity index (χ1v) is 11.0. The number of carbonyl (C=O) groups is 1. The summed E-state index contributed by atoms with van der Waals surface area (Å²) in [5, 5.41) is 18.7. The molecule has 0 aliphatic heterocycles. The highest BCUT2D eigenvalue weighted by Crippen LogP contribution is 2.34. The number of ether oxygens (including phenoxy) is 2. The van der Waals surface area contributed by atoms with Crippen molar-refractivity contribution in [1.29, 1.82) is 0 Å². The van der Waals surface area contributed by atoms with E-state index in [1.165, 1.54) is 42.1 Å². The summed E-state index contributed by atoms with van der Waals surface area (Å²) in [5.74, 6) is -0.326. The van der Waals surface area contributed by atoms with Crippen LogP contribution in [0.3, 0.4) is 0 Å².